The number of imide groups is 1. The largest absolute Gasteiger partial charge is 0.353 e. The Bertz CT molecular complexity index is 1130. The summed E-state index contributed by atoms with van der Waals surface area (Å²) in [5.41, 5.74) is 3.28. The van der Waals surface area contributed by atoms with E-state index in [4.69, 9.17) is 0 Å². The van der Waals surface area contributed by atoms with E-state index < -0.39 is 6.04 Å². The first kappa shape index (κ1) is 25.2. The second kappa shape index (κ2) is 11.2. The van der Waals surface area contributed by atoms with Gasteiger partial charge in [-0.15, -0.1) is 0 Å². The molecule has 1 atom stereocenters. The lowest BCUT2D eigenvalue weighted by molar-refractivity contribution is -0.125. The van der Waals surface area contributed by atoms with Gasteiger partial charge in [0.25, 0.3) is 17.1 Å². The van der Waals surface area contributed by atoms with Gasteiger partial charge < -0.3 is 10.6 Å². The molecule has 1 fully saturated rings. The average Bonchev–Trinajstić information content (AvgIpc) is 3.06. The zero-order valence-electron chi connectivity index (χ0n) is 19.8. The molecule has 0 unspecified atom stereocenters. The normalized spacial score (nSPS) is 15.7. The van der Waals surface area contributed by atoms with Crippen LogP contribution in [0.2, 0.25) is 0 Å². The number of rotatable bonds is 8. The Kier molecular flexibility index (Phi) is 8.28. The van der Waals surface area contributed by atoms with Crippen molar-refractivity contribution in [1.29, 1.82) is 0 Å². The van der Waals surface area contributed by atoms with Gasteiger partial charge in [-0.05, 0) is 54.8 Å². The lowest BCUT2D eigenvalue weighted by atomic mass is 10.0. The molecule has 1 heterocycles. The van der Waals surface area contributed by atoms with Crippen LogP contribution < -0.4 is 10.6 Å². The molecule has 1 aliphatic heterocycles. The van der Waals surface area contributed by atoms with Crippen LogP contribution in [0.5, 0.6) is 0 Å². The molecule has 178 valence electrons. The van der Waals surface area contributed by atoms with Crippen molar-refractivity contribution in [1.82, 2.24) is 15.5 Å². The van der Waals surface area contributed by atoms with Crippen LogP contribution in [-0.4, -0.2) is 47.0 Å². The van der Waals surface area contributed by atoms with Crippen LogP contribution in [0.1, 0.15) is 40.9 Å². The molecule has 0 spiro atoms. The van der Waals surface area contributed by atoms with Gasteiger partial charge in [-0.25, -0.2) is 0 Å². The SMILES string of the molecule is Cc1ccc(/C=C2/SC(=O)N(CCNC(=O)[C@@H](NC(=O)c3ccccc3C)C(C)C)C2=O)cc1. The molecule has 1 aliphatic rings. The van der Waals surface area contributed by atoms with Gasteiger partial charge in [0.1, 0.15) is 6.04 Å². The van der Waals surface area contributed by atoms with E-state index in [-0.39, 0.29) is 42.0 Å². The number of hydrogen-bond acceptors (Lipinski definition) is 5. The van der Waals surface area contributed by atoms with Gasteiger partial charge in [-0.1, -0.05) is 61.9 Å². The summed E-state index contributed by atoms with van der Waals surface area (Å²) in [7, 11) is 0. The Morgan fingerprint density at radius 2 is 1.71 bits per heavy atom. The van der Waals surface area contributed by atoms with E-state index >= 15 is 0 Å². The molecular formula is C26H29N3O4S. The Morgan fingerprint density at radius 1 is 1.03 bits per heavy atom. The van der Waals surface area contributed by atoms with Crippen LogP contribution in [0.15, 0.2) is 53.4 Å². The number of nitrogens with one attached hydrogen (secondary N) is 2. The molecule has 2 aromatic rings. The van der Waals surface area contributed by atoms with Gasteiger partial charge in [-0.3, -0.25) is 24.1 Å². The van der Waals surface area contributed by atoms with Crippen LogP contribution in [0.25, 0.3) is 6.08 Å². The highest BCUT2D eigenvalue weighted by Gasteiger charge is 2.35. The summed E-state index contributed by atoms with van der Waals surface area (Å²) in [4.78, 5) is 51.9. The summed E-state index contributed by atoms with van der Waals surface area (Å²) in [5, 5.41) is 5.17. The van der Waals surface area contributed by atoms with Gasteiger partial charge in [0.05, 0.1) is 4.91 Å². The van der Waals surface area contributed by atoms with Crippen LogP contribution in [-0.2, 0) is 9.59 Å². The third-order valence-corrected chi connectivity index (χ3v) is 6.42. The van der Waals surface area contributed by atoms with Crippen molar-refractivity contribution in [3.63, 3.8) is 0 Å². The van der Waals surface area contributed by atoms with E-state index in [1.807, 2.05) is 64.1 Å². The molecule has 3 rings (SSSR count). The molecule has 0 aromatic heterocycles. The Morgan fingerprint density at radius 3 is 2.35 bits per heavy atom. The van der Waals surface area contributed by atoms with E-state index in [9.17, 15) is 19.2 Å². The fourth-order valence-corrected chi connectivity index (χ4v) is 4.35. The zero-order chi connectivity index (χ0) is 24.8. The third kappa shape index (κ3) is 6.14. The molecule has 2 aromatic carbocycles. The molecule has 34 heavy (non-hydrogen) atoms. The summed E-state index contributed by atoms with van der Waals surface area (Å²) < 4.78 is 0. The predicted molar refractivity (Wildman–Crippen MR) is 134 cm³/mol. The lowest BCUT2D eigenvalue weighted by Crippen LogP contribution is -2.51. The summed E-state index contributed by atoms with van der Waals surface area (Å²) in [5.74, 6) is -1.21. The number of nitrogens with zero attached hydrogens (tertiary/aromatic N) is 1. The number of amides is 4. The quantitative estimate of drug-likeness (QED) is 0.560. The number of carbonyl (C=O) groups is 4. The van der Waals surface area contributed by atoms with Crippen LogP contribution in [0.3, 0.4) is 0 Å². The summed E-state index contributed by atoms with van der Waals surface area (Å²) in [6, 6.07) is 14.1. The molecule has 1 saturated heterocycles. The van der Waals surface area contributed by atoms with Gasteiger partial charge in [0.15, 0.2) is 0 Å². The molecule has 0 radical (unpaired) electrons. The molecule has 4 amide bonds. The molecule has 7 nitrogen and oxygen atoms in total. The number of aryl methyl sites for hydroxylation is 2. The fourth-order valence-electron chi connectivity index (χ4n) is 3.49. The van der Waals surface area contributed by atoms with Crippen LogP contribution in [0, 0.1) is 19.8 Å². The van der Waals surface area contributed by atoms with E-state index in [1.54, 1.807) is 18.2 Å². The highest BCUT2D eigenvalue weighted by atomic mass is 32.2. The second-order valence-corrected chi connectivity index (χ2v) is 9.54. The summed E-state index contributed by atoms with van der Waals surface area (Å²) in [6.45, 7) is 7.65. The van der Waals surface area contributed by atoms with E-state index in [2.05, 4.69) is 10.6 Å². The number of hydrogen-bond donors (Lipinski definition) is 2. The summed E-state index contributed by atoms with van der Waals surface area (Å²) >= 11 is 0.887. The van der Waals surface area contributed by atoms with Crippen molar-refractivity contribution >= 4 is 40.8 Å². The van der Waals surface area contributed by atoms with Crippen LogP contribution >= 0.6 is 11.8 Å². The molecule has 2 N–H and O–H groups in total. The molecule has 0 saturated carbocycles. The fraction of sp³-hybridized carbons (Fsp3) is 0.308. The highest BCUT2D eigenvalue weighted by Crippen LogP contribution is 2.31. The number of carbonyl (C=O) groups excluding carboxylic acids is 4. The molecule has 0 aliphatic carbocycles. The first-order valence-electron chi connectivity index (χ1n) is 11.1. The van der Waals surface area contributed by atoms with Gasteiger partial charge in [0, 0.05) is 18.7 Å². The second-order valence-electron chi connectivity index (χ2n) is 8.55. The maximum atomic E-state index is 12.8. The lowest BCUT2D eigenvalue weighted by Gasteiger charge is -2.22. The highest BCUT2D eigenvalue weighted by molar-refractivity contribution is 8.18. The van der Waals surface area contributed by atoms with Gasteiger partial charge in [-0.2, -0.15) is 0 Å². The molecule has 0 bridgehead atoms. The maximum absolute atomic E-state index is 12.8. The van der Waals surface area contributed by atoms with E-state index in [0.717, 1.165) is 33.4 Å². The van der Waals surface area contributed by atoms with Crippen molar-refractivity contribution < 1.29 is 19.2 Å². The Balaban J connectivity index is 1.57. The van der Waals surface area contributed by atoms with Crippen LogP contribution in [0.4, 0.5) is 4.79 Å². The number of thioether (sulfide) groups is 1. The molecular weight excluding hydrogens is 450 g/mol. The maximum Gasteiger partial charge on any atom is 0.293 e. The van der Waals surface area contributed by atoms with Crippen molar-refractivity contribution in [3.8, 4) is 0 Å². The van der Waals surface area contributed by atoms with Crippen molar-refractivity contribution in [3.05, 3.63) is 75.7 Å². The minimum Gasteiger partial charge on any atom is -0.353 e. The molecule has 8 heteroatoms. The first-order chi connectivity index (χ1) is 16.2. The van der Waals surface area contributed by atoms with Gasteiger partial charge in [0.2, 0.25) is 5.91 Å². The topological polar surface area (TPSA) is 95.6 Å². The third-order valence-electron chi connectivity index (χ3n) is 5.51. The monoisotopic (exact) mass is 479 g/mol. The van der Waals surface area contributed by atoms with Crippen molar-refractivity contribution in [2.75, 3.05) is 13.1 Å². The van der Waals surface area contributed by atoms with E-state index in [1.165, 1.54) is 0 Å². The smallest absolute Gasteiger partial charge is 0.293 e. The summed E-state index contributed by atoms with van der Waals surface area (Å²) in [6.07, 6.45) is 1.69. The number of benzene rings is 2. The Hall–Kier alpha value is -3.39. The average molecular weight is 480 g/mol. The first-order valence-corrected chi connectivity index (χ1v) is 11.9. The zero-order valence-corrected chi connectivity index (χ0v) is 20.6. The standard InChI is InChI=1S/C26H29N3O4S/c1-16(2)22(28-23(30)20-8-6-5-7-18(20)4)24(31)27-13-14-29-25(32)21(34-26(29)33)15-19-11-9-17(3)10-12-19/h5-12,15-16,22H,13-14H2,1-4H3,(H,27,31)(H,28,30)/b21-15+/t22-/m0/s1. The van der Waals surface area contributed by atoms with Crippen molar-refractivity contribution in [2.24, 2.45) is 5.92 Å². The minimum absolute atomic E-state index is 0.0538. The predicted octanol–water partition coefficient (Wildman–Crippen LogP) is 3.91. The Labute approximate surface area is 204 Å². The van der Waals surface area contributed by atoms with E-state index in [0.29, 0.717) is 10.5 Å². The minimum atomic E-state index is -0.747. The van der Waals surface area contributed by atoms with Gasteiger partial charge >= 0.3 is 0 Å². The van der Waals surface area contributed by atoms with Crippen molar-refractivity contribution in [2.45, 2.75) is 33.7 Å².